The van der Waals surface area contributed by atoms with Gasteiger partial charge in [0.15, 0.2) is 0 Å². The highest BCUT2D eigenvalue weighted by Gasteiger charge is 2.45. The van der Waals surface area contributed by atoms with Gasteiger partial charge < -0.3 is 14.4 Å². The van der Waals surface area contributed by atoms with E-state index in [-0.39, 0.29) is 5.41 Å². The topological polar surface area (TPSA) is 47.5 Å². The van der Waals surface area contributed by atoms with Crippen molar-refractivity contribution in [1.82, 2.24) is 9.97 Å². The molecule has 0 aliphatic carbocycles. The Labute approximate surface area is 190 Å². The summed E-state index contributed by atoms with van der Waals surface area (Å²) in [5.74, 6) is 1.64. The number of ether oxygens (including phenoxy) is 2. The standard InChI is InChI=1S/C27H31N3O2/c1-20-4-6-21(7-5-20)26(2,3)22-8-10-24(11-9-22)32-16-23-12-14-28-25(29-23)30-15-13-27(17-30)18-31-19-27/h4-12,14H,13,15-19H2,1-3H3. The second kappa shape index (κ2) is 8.21. The van der Waals surface area contributed by atoms with Crippen LogP contribution in [0.3, 0.4) is 0 Å². The number of hydrogen-bond acceptors (Lipinski definition) is 5. The lowest BCUT2D eigenvalue weighted by atomic mass is 9.78. The Hall–Kier alpha value is -2.92. The van der Waals surface area contributed by atoms with Crippen LogP contribution in [0.2, 0.25) is 0 Å². The average Bonchev–Trinajstić information content (AvgIpc) is 3.25. The minimum atomic E-state index is -0.0631. The zero-order chi connectivity index (χ0) is 22.2. The number of aromatic nitrogens is 2. The molecule has 2 aliphatic heterocycles. The molecule has 0 radical (unpaired) electrons. The summed E-state index contributed by atoms with van der Waals surface area (Å²) in [6, 6.07) is 19.1. The van der Waals surface area contributed by atoms with Gasteiger partial charge in [0.1, 0.15) is 12.4 Å². The first-order chi connectivity index (χ1) is 15.4. The van der Waals surface area contributed by atoms with Crippen LogP contribution >= 0.6 is 0 Å². The summed E-state index contributed by atoms with van der Waals surface area (Å²) in [6.07, 6.45) is 2.98. The van der Waals surface area contributed by atoms with Crippen LogP contribution in [0.15, 0.2) is 60.8 Å². The number of aryl methyl sites for hydroxylation is 1. The molecule has 5 nitrogen and oxygen atoms in total. The minimum absolute atomic E-state index is 0.0631. The first-order valence-corrected chi connectivity index (χ1v) is 11.4. The number of rotatable bonds is 6. The number of benzene rings is 2. The molecule has 3 aromatic rings. The van der Waals surface area contributed by atoms with Gasteiger partial charge in [-0.3, -0.25) is 0 Å². The third-order valence-electron chi connectivity index (χ3n) is 6.97. The fourth-order valence-electron chi connectivity index (χ4n) is 4.61. The molecule has 5 heteroatoms. The van der Waals surface area contributed by atoms with Gasteiger partial charge in [-0.2, -0.15) is 0 Å². The van der Waals surface area contributed by atoms with E-state index in [4.69, 9.17) is 14.5 Å². The molecule has 0 atom stereocenters. The van der Waals surface area contributed by atoms with Gasteiger partial charge in [0.2, 0.25) is 5.95 Å². The Morgan fingerprint density at radius 3 is 2.31 bits per heavy atom. The second-order valence-corrected chi connectivity index (χ2v) is 9.82. The Bertz CT molecular complexity index is 1070. The van der Waals surface area contributed by atoms with E-state index in [1.165, 1.54) is 16.7 Å². The average molecular weight is 430 g/mol. The van der Waals surface area contributed by atoms with Crippen molar-refractivity contribution in [2.45, 2.75) is 39.2 Å². The van der Waals surface area contributed by atoms with Crippen LogP contribution in [-0.4, -0.2) is 36.3 Å². The molecule has 2 aliphatic rings. The van der Waals surface area contributed by atoms with Crippen molar-refractivity contribution in [1.29, 1.82) is 0 Å². The van der Waals surface area contributed by atoms with Crippen LogP contribution in [0, 0.1) is 12.3 Å². The molecule has 32 heavy (non-hydrogen) atoms. The summed E-state index contributed by atoms with van der Waals surface area (Å²) in [7, 11) is 0. The van der Waals surface area contributed by atoms with E-state index in [9.17, 15) is 0 Å². The summed E-state index contributed by atoms with van der Waals surface area (Å²) in [5.41, 5.74) is 5.01. The SMILES string of the molecule is Cc1ccc(C(C)(C)c2ccc(OCc3ccnc(N4CCC5(COC5)C4)n3)cc2)cc1. The highest BCUT2D eigenvalue weighted by Crippen LogP contribution is 2.38. The largest absolute Gasteiger partial charge is 0.487 e. The summed E-state index contributed by atoms with van der Waals surface area (Å²) >= 11 is 0. The van der Waals surface area contributed by atoms with Crippen molar-refractivity contribution in [3.05, 3.63) is 83.2 Å². The summed E-state index contributed by atoms with van der Waals surface area (Å²) < 4.78 is 11.5. The molecule has 166 valence electrons. The van der Waals surface area contributed by atoms with Crippen molar-refractivity contribution < 1.29 is 9.47 Å². The second-order valence-electron chi connectivity index (χ2n) is 9.82. The molecule has 3 heterocycles. The molecule has 1 spiro atoms. The summed E-state index contributed by atoms with van der Waals surface area (Å²) in [5, 5.41) is 0. The number of anilines is 1. The normalized spacial score (nSPS) is 17.4. The molecule has 0 amide bonds. The molecule has 2 aromatic carbocycles. The molecule has 5 rings (SSSR count). The van der Waals surface area contributed by atoms with Gasteiger partial charge in [-0.15, -0.1) is 0 Å². The quantitative estimate of drug-likeness (QED) is 0.557. The molecular weight excluding hydrogens is 398 g/mol. The first kappa shape index (κ1) is 21.0. The molecule has 0 unspecified atom stereocenters. The van der Waals surface area contributed by atoms with Gasteiger partial charge >= 0.3 is 0 Å². The molecule has 2 saturated heterocycles. The van der Waals surface area contributed by atoms with Gasteiger partial charge in [-0.25, -0.2) is 9.97 Å². The highest BCUT2D eigenvalue weighted by molar-refractivity contribution is 5.41. The monoisotopic (exact) mass is 429 g/mol. The van der Waals surface area contributed by atoms with E-state index in [1.54, 1.807) is 0 Å². The lowest BCUT2D eigenvalue weighted by Gasteiger charge is -2.37. The maximum absolute atomic E-state index is 6.04. The van der Waals surface area contributed by atoms with Gasteiger partial charge in [-0.1, -0.05) is 55.8 Å². The van der Waals surface area contributed by atoms with Crippen LogP contribution < -0.4 is 9.64 Å². The van der Waals surface area contributed by atoms with Crippen LogP contribution in [0.1, 0.15) is 42.7 Å². The first-order valence-electron chi connectivity index (χ1n) is 11.4. The van der Waals surface area contributed by atoms with Gasteiger partial charge in [0.25, 0.3) is 0 Å². The maximum atomic E-state index is 6.04. The van der Waals surface area contributed by atoms with E-state index >= 15 is 0 Å². The molecule has 0 N–H and O–H groups in total. The van der Waals surface area contributed by atoms with E-state index < -0.39 is 0 Å². The molecule has 1 aromatic heterocycles. The Balaban J connectivity index is 1.22. The Morgan fingerprint density at radius 1 is 1.00 bits per heavy atom. The van der Waals surface area contributed by atoms with Gasteiger partial charge in [0, 0.05) is 30.1 Å². The van der Waals surface area contributed by atoms with Crippen molar-refractivity contribution in [2.24, 2.45) is 5.41 Å². The summed E-state index contributed by atoms with van der Waals surface area (Å²) in [4.78, 5) is 11.5. The fraction of sp³-hybridized carbons (Fsp3) is 0.407. The van der Waals surface area contributed by atoms with E-state index in [0.717, 1.165) is 50.1 Å². The van der Waals surface area contributed by atoms with E-state index in [2.05, 4.69) is 67.1 Å². The molecule has 0 bridgehead atoms. The van der Waals surface area contributed by atoms with Crippen molar-refractivity contribution in [3.63, 3.8) is 0 Å². The van der Waals surface area contributed by atoms with Crippen molar-refractivity contribution in [2.75, 3.05) is 31.2 Å². The van der Waals surface area contributed by atoms with Crippen LogP contribution in [0.5, 0.6) is 5.75 Å². The predicted octanol–water partition coefficient (Wildman–Crippen LogP) is 4.92. The lowest BCUT2D eigenvalue weighted by Crippen LogP contribution is -2.44. The van der Waals surface area contributed by atoms with Crippen LogP contribution in [0.4, 0.5) is 5.95 Å². The maximum Gasteiger partial charge on any atom is 0.225 e. The zero-order valence-electron chi connectivity index (χ0n) is 19.2. The molecule has 2 fully saturated rings. The zero-order valence-corrected chi connectivity index (χ0v) is 19.2. The fourth-order valence-corrected chi connectivity index (χ4v) is 4.61. The van der Waals surface area contributed by atoms with E-state index in [0.29, 0.717) is 12.0 Å². The number of nitrogens with zero attached hydrogens (tertiary/aromatic N) is 3. The third kappa shape index (κ3) is 4.09. The van der Waals surface area contributed by atoms with Gasteiger partial charge in [-0.05, 0) is 42.7 Å². The third-order valence-corrected chi connectivity index (χ3v) is 6.97. The van der Waals surface area contributed by atoms with Crippen LogP contribution in [-0.2, 0) is 16.8 Å². The Morgan fingerprint density at radius 2 is 1.69 bits per heavy atom. The van der Waals surface area contributed by atoms with E-state index in [1.807, 2.05) is 24.4 Å². The van der Waals surface area contributed by atoms with Crippen molar-refractivity contribution >= 4 is 5.95 Å². The van der Waals surface area contributed by atoms with Crippen molar-refractivity contribution in [3.8, 4) is 5.75 Å². The lowest BCUT2D eigenvalue weighted by molar-refractivity contribution is -0.0985. The smallest absolute Gasteiger partial charge is 0.225 e. The molecule has 0 saturated carbocycles. The molecular formula is C27H31N3O2. The Kier molecular flexibility index (Phi) is 5.38. The minimum Gasteiger partial charge on any atom is -0.487 e. The highest BCUT2D eigenvalue weighted by atomic mass is 16.5. The predicted molar refractivity (Wildman–Crippen MR) is 126 cm³/mol. The summed E-state index contributed by atoms with van der Waals surface area (Å²) in [6.45, 7) is 10.8. The van der Waals surface area contributed by atoms with Gasteiger partial charge in [0.05, 0.1) is 18.9 Å². The van der Waals surface area contributed by atoms with Crippen LogP contribution in [0.25, 0.3) is 0 Å². The number of hydrogen-bond donors (Lipinski definition) is 0.